The second-order valence-corrected chi connectivity index (χ2v) is 8.40. The lowest BCUT2D eigenvalue weighted by atomic mass is 9.95. The molecule has 0 radical (unpaired) electrons. The van der Waals surface area contributed by atoms with Crippen LogP contribution in [0.25, 0.3) is 0 Å². The summed E-state index contributed by atoms with van der Waals surface area (Å²) < 4.78 is 0. The molecular weight excluding hydrogens is 320 g/mol. The maximum Gasteiger partial charge on any atom is 0.227 e. The molecule has 4 rings (SSSR count). The van der Waals surface area contributed by atoms with Crippen molar-refractivity contribution in [2.24, 2.45) is 5.92 Å². The number of carbonyl (C=O) groups is 1. The van der Waals surface area contributed by atoms with Gasteiger partial charge in [-0.25, -0.2) is 4.98 Å². The van der Waals surface area contributed by atoms with Crippen molar-refractivity contribution in [2.75, 3.05) is 38.1 Å². The molecule has 0 N–H and O–H groups in total. The molecule has 132 valence electrons. The summed E-state index contributed by atoms with van der Waals surface area (Å²) in [6, 6.07) is 1.02. The first-order valence-corrected chi connectivity index (χ1v) is 10.3. The largest absolute Gasteiger partial charge is 0.347 e. The molecular formula is C18H28N4OS. The van der Waals surface area contributed by atoms with E-state index in [1.54, 1.807) is 11.3 Å². The first kappa shape index (κ1) is 16.3. The van der Waals surface area contributed by atoms with E-state index < -0.39 is 0 Å². The highest BCUT2D eigenvalue weighted by molar-refractivity contribution is 7.13. The summed E-state index contributed by atoms with van der Waals surface area (Å²) in [6.45, 7) is 4.02. The van der Waals surface area contributed by atoms with Gasteiger partial charge in [0.2, 0.25) is 5.91 Å². The van der Waals surface area contributed by atoms with Crippen molar-refractivity contribution < 1.29 is 4.79 Å². The quantitative estimate of drug-likeness (QED) is 0.841. The number of carbonyl (C=O) groups excluding carboxylic acids is 1. The van der Waals surface area contributed by atoms with Crippen molar-refractivity contribution in [2.45, 2.75) is 50.6 Å². The van der Waals surface area contributed by atoms with Crippen LogP contribution >= 0.6 is 11.3 Å². The third-order valence-corrected chi connectivity index (χ3v) is 6.90. The van der Waals surface area contributed by atoms with Crippen molar-refractivity contribution in [1.82, 2.24) is 14.8 Å². The Morgan fingerprint density at radius 1 is 1.12 bits per heavy atom. The average Bonchev–Trinajstić information content (AvgIpc) is 3.35. The second-order valence-electron chi connectivity index (χ2n) is 7.53. The highest BCUT2D eigenvalue weighted by Gasteiger charge is 2.41. The fourth-order valence-electron chi connectivity index (χ4n) is 4.85. The highest BCUT2D eigenvalue weighted by Crippen LogP contribution is 2.32. The topological polar surface area (TPSA) is 39.7 Å². The summed E-state index contributed by atoms with van der Waals surface area (Å²) in [5.74, 6) is 0.550. The zero-order valence-electron chi connectivity index (χ0n) is 14.6. The molecule has 24 heavy (non-hydrogen) atoms. The minimum Gasteiger partial charge on any atom is -0.347 e. The molecule has 6 heteroatoms. The number of nitrogens with zero attached hydrogens (tertiary/aromatic N) is 4. The van der Waals surface area contributed by atoms with E-state index in [4.69, 9.17) is 0 Å². The Balaban J connectivity index is 1.44. The Morgan fingerprint density at radius 2 is 1.92 bits per heavy atom. The summed E-state index contributed by atoms with van der Waals surface area (Å²) in [5, 5.41) is 3.09. The lowest BCUT2D eigenvalue weighted by Gasteiger charge is -2.38. The lowest BCUT2D eigenvalue weighted by Crippen LogP contribution is -2.51. The molecule has 5 nitrogen and oxygen atoms in total. The molecule has 3 atom stereocenters. The molecule has 3 aliphatic rings. The molecule has 0 aromatic carbocycles. The van der Waals surface area contributed by atoms with Gasteiger partial charge >= 0.3 is 0 Å². The number of thiazole rings is 1. The molecule has 0 aliphatic carbocycles. The van der Waals surface area contributed by atoms with E-state index >= 15 is 0 Å². The van der Waals surface area contributed by atoms with Gasteiger partial charge in [0.1, 0.15) is 0 Å². The Labute approximate surface area is 148 Å². The summed E-state index contributed by atoms with van der Waals surface area (Å²) in [5.41, 5.74) is 0. The van der Waals surface area contributed by atoms with Gasteiger partial charge in [0.05, 0.1) is 5.92 Å². The smallest absolute Gasteiger partial charge is 0.227 e. The molecule has 1 amide bonds. The molecule has 0 bridgehead atoms. The molecule has 1 aromatic heterocycles. The van der Waals surface area contributed by atoms with Gasteiger partial charge < -0.3 is 14.7 Å². The van der Waals surface area contributed by atoms with Crippen LogP contribution in [0, 0.1) is 5.92 Å². The van der Waals surface area contributed by atoms with E-state index in [0.29, 0.717) is 18.0 Å². The van der Waals surface area contributed by atoms with Crippen LogP contribution in [0.1, 0.15) is 38.5 Å². The van der Waals surface area contributed by atoms with E-state index in [0.717, 1.165) is 37.6 Å². The van der Waals surface area contributed by atoms with Gasteiger partial charge in [-0.1, -0.05) is 0 Å². The van der Waals surface area contributed by atoms with Gasteiger partial charge in [0, 0.05) is 43.3 Å². The van der Waals surface area contributed by atoms with Crippen LogP contribution in [-0.4, -0.2) is 66.0 Å². The molecule has 0 unspecified atom stereocenters. The Bertz CT molecular complexity index is 563. The predicted octanol–water partition coefficient (Wildman–Crippen LogP) is 2.44. The molecule has 0 spiro atoms. The number of likely N-dealkylation sites (N-methyl/N-ethyl adjacent to an activating group) is 1. The molecule has 3 aliphatic heterocycles. The third-order valence-electron chi connectivity index (χ3n) is 6.06. The van der Waals surface area contributed by atoms with E-state index in [9.17, 15) is 4.79 Å². The fraction of sp³-hybridized carbons (Fsp3) is 0.778. The predicted molar refractivity (Wildman–Crippen MR) is 97.4 cm³/mol. The molecule has 1 aromatic rings. The average molecular weight is 349 g/mol. The van der Waals surface area contributed by atoms with Crippen LogP contribution < -0.4 is 4.90 Å². The van der Waals surface area contributed by atoms with Crippen molar-refractivity contribution >= 4 is 22.4 Å². The van der Waals surface area contributed by atoms with E-state index in [1.165, 1.54) is 32.2 Å². The van der Waals surface area contributed by atoms with Gasteiger partial charge in [0.15, 0.2) is 5.13 Å². The third kappa shape index (κ3) is 3.06. The van der Waals surface area contributed by atoms with Crippen LogP contribution in [0.4, 0.5) is 5.13 Å². The SMILES string of the molecule is CN1CCC[C@@H]1[C@H]1CCCN1C(=O)[C@H]1CCCN(c2nccs2)C1. The number of anilines is 1. The van der Waals surface area contributed by atoms with Crippen molar-refractivity contribution in [3.63, 3.8) is 0 Å². The van der Waals surface area contributed by atoms with Crippen LogP contribution in [0.5, 0.6) is 0 Å². The molecule has 0 saturated carbocycles. The zero-order chi connectivity index (χ0) is 16.5. The number of piperidine rings is 1. The number of hydrogen-bond donors (Lipinski definition) is 0. The van der Waals surface area contributed by atoms with Gasteiger partial charge in [-0.2, -0.15) is 0 Å². The van der Waals surface area contributed by atoms with Gasteiger partial charge in [0.25, 0.3) is 0 Å². The van der Waals surface area contributed by atoms with Gasteiger partial charge in [-0.3, -0.25) is 4.79 Å². The number of aromatic nitrogens is 1. The second kappa shape index (κ2) is 7.00. The Hall–Kier alpha value is -1.14. The Morgan fingerprint density at radius 3 is 2.67 bits per heavy atom. The summed E-state index contributed by atoms with van der Waals surface area (Å²) in [6.07, 6.45) is 8.87. The highest BCUT2D eigenvalue weighted by atomic mass is 32.1. The summed E-state index contributed by atoms with van der Waals surface area (Å²) >= 11 is 1.68. The molecule has 4 heterocycles. The molecule has 3 fully saturated rings. The number of amides is 1. The van der Waals surface area contributed by atoms with Crippen LogP contribution in [0.2, 0.25) is 0 Å². The van der Waals surface area contributed by atoms with E-state index in [2.05, 4.69) is 26.7 Å². The van der Waals surface area contributed by atoms with E-state index in [1.807, 2.05) is 11.6 Å². The minimum absolute atomic E-state index is 0.148. The van der Waals surface area contributed by atoms with E-state index in [-0.39, 0.29) is 5.92 Å². The standard InChI is InChI=1S/C18H28N4OS/c1-20-9-3-6-15(20)16-7-4-11-22(16)17(23)14-5-2-10-21(13-14)18-19-8-12-24-18/h8,12,14-16H,2-7,9-11,13H2,1H3/t14-,15+,16+/m0/s1. The first-order valence-electron chi connectivity index (χ1n) is 9.39. The number of rotatable bonds is 3. The minimum atomic E-state index is 0.148. The maximum atomic E-state index is 13.3. The van der Waals surface area contributed by atoms with Gasteiger partial charge in [-0.05, 0) is 52.1 Å². The fourth-order valence-corrected chi connectivity index (χ4v) is 5.53. The van der Waals surface area contributed by atoms with Crippen molar-refractivity contribution in [1.29, 1.82) is 0 Å². The van der Waals surface area contributed by atoms with Crippen LogP contribution in [0.15, 0.2) is 11.6 Å². The number of likely N-dealkylation sites (tertiary alicyclic amines) is 2. The van der Waals surface area contributed by atoms with Gasteiger partial charge in [-0.15, -0.1) is 11.3 Å². The van der Waals surface area contributed by atoms with Crippen molar-refractivity contribution in [3.8, 4) is 0 Å². The van der Waals surface area contributed by atoms with Crippen LogP contribution in [0.3, 0.4) is 0 Å². The summed E-state index contributed by atoms with van der Waals surface area (Å²) in [7, 11) is 2.23. The summed E-state index contributed by atoms with van der Waals surface area (Å²) in [4.78, 5) is 24.7. The normalized spacial score (nSPS) is 31.8. The van der Waals surface area contributed by atoms with Crippen LogP contribution in [-0.2, 0) is 4.79 Å². The zero-order valence-corrected chi connectivity index (χ0v) is 15.4. The first-order chi connectivity index (χ1) is 11.7. The number of hydrogen-bond acceptors (Lipinski definition) is 5. The van der Waals surface area contributed by atoms with Crippen molar-refractivity contribution in [3.05, 3.63) is 11.6 Å². The maximum absolute atomic E-state index is 13.3. The monoisotopic (exact) mass is 348 g/mol. The Kier molecular flexibility index (Phi) is 4.77. The lowest BCUT2D eigenvalue weighted by molar-refractivity contribution is -0.137. The molecule has 3 saturated heterocycles.